The number of ether oxygens (including phenoxy) is 3. The Labute approximate surface area is 45.6 Å². The molecular weight excluding hydrogens is 115 g/mol. The van der Waals surface area contributed by atoms with Crippen molar-refractivity contribution in [2.75, 3.05) is 7.11 Å². The highest BCUT2D eigenvalue weighted by Crippen LogP contribution is 2.14. The highest BCUT2D eigenvalue weighted by atomic mass is 19.2. The molecule has 8 heavy (non-hydrogen) atoms. The second kappa shape index (κ2) is 1.90. The van der Waals surface area contributed by atoms with Crippen LogP contribution in [-0.4, -0.2) is 13.7 Å². The van der Waals surface area contributed by atoms with Gasteiger partial charge in [-0.15, -0.1) is 0 Å². The third kappa shape index (κ3) is 0.828. The smallest absolute Gasteiger partial charge is 0.398 e. The lowest BCUT2D eigenvalue weighted by molar-refractivity contribution is -0.149. The zero-order valence-electron chi connectivity index (χ0n) is 4.26. The molecule has 0 aromatic heterocycles. The van der Waals surface area contributed by atoms with E-state index in [0.29, 0.717) is 0 Å². The van der Waals surface area contributed by atoms with Gasteiger partial charge in [-0.05, 0) is 0 Å². The fraction of sp³-hybridized carbons (Fsp3) is 0.500. The Kier molecular flexibility index (Phi) is 1.24. The van der Waals surface area contributed by atoms with Gasteiger partial charge in [0.25, 0.3) is 0 Å². The van der Waals surface area contributed by atoms with Gasteiger partial charge in [0.1, 0.15) is 0 Å². The maximum Gasteiger partial charge on any atom is 0.398 e. The maximum absolute atomic E-state index is 11.8. The van der Waals surface area contributed by atoms with E-state index < -0.39 is 6.54 Å². The number of rotatable bonds is 1. The SMILES string of the molecule is COC1=COC(F)O1. The van der Waals surface area contributed by atoms with Crippen LogP contribution in [0.25, 0.3) is 0 Å². The Morgan fingerprint density at radius 3 is 2.88 bits per heavy atom. The minimum Gasteiger partial charge on any atom is -0.466 e. The van der Waals surface area contributed by atoms with E-state index in [1.165, 1.54) is 7.11 Å². The van der Waals surface area contributed by atoms with Gasteiger partial charge >= 0.3 is 12.5 Å². The van der Waals surface area contributed by atoms with Crippen molar-refractivity contribution in [3.05, 3.63) is 12.2 Å². The van der Waals surface area contributed by atoms with E-state index >= 15 is 0 Å². The molecule has 0 amide bonds. The van der Waals surface area contributed by atoms with Crippen molar-refractivity contribution in [2.45, 2.75) is 6.54 Å². The van der Waals surface area contributed by atoms with Crippen molar-refractivity contribution in [3.8, 4) is 0 Å². The molecule has 0 fully saturated rings. The summed E-state index contributed by atoms with van der Waals surface area (Å²) in [5, 5.41) is 0. The van der Waals surface area contributed by atoms with E-state index in [1.807, 2.05) is 0 Å². The fourth-order valence-corrected chi connectivity index (χ4v) is 0.352. The standard InChI is InChI=1S/C4H5FO3/c1-6-3-2-7-4(5)8-3/h2,4H,1H3. The summed E-state index contributed by atoms with van der Waals surface area (Å²) in [5.41, 5.74) is 0. The quantitative estimate of drug-likeness (QED) is 0.510. The number of hydrogen-bond acceptors (Lipinski definition) is 3. The minimum absolute atomic E-state index is 0.0671. The van der Waals surface area contributed by atoms with Gasteiger partial charge in [0.05, 0.1) is 7.11 Å². The summed E-state index contributed by atoms with van der Waals surface area (Å²) in [6.07, 6.45) is 1.07. The predicted octanol–water partition coefficient (Wildman–Crippen LogP) is 0.732. The molecule has 0 saturated heterocycles. The third-order valence-corrected chi connectivity index (χ3v) is 0.681. The van der Waals surface area contributed by atoms with Crippen LogP contribution in [0.15, 0.2) is 12.2 Å². The highest BCUT2D eigenvalue weighted by molar-refractivity contribution is 4.78. The summed E-state index contributed by atoms with van der Waals surface area (Å²) >= 11 is 0. The molecule has 0 saturated carbocycles. The third-order valence-electron chi connectivity index (χ3n) is 0.681. The van der Waals surface area contributed by atoms with Crippen LogP contribution in [-0.2, 0) is 14.2 Å². The second-order valence-electron chi connectivity index (χ2n) is 1.17. The first-order valence-corrected chi connectivity index (χ1v) is 2.03. The highest BCUT2D eigenvalue weighted by Gasteiger charge is 2.17. The Morgan fingerprint density at radius 1 is 1.88 bits per heavy atom. The van der Waals surface area contributed by atoms with Crippen molar-refractivity contribution in [3.63, 3.8) is 0 Å². The van der Waals surface area contributed by atoms with Crippen molar-refractivity contribution in [1.82, 2.24) is 0 Å². The lowest BCUT2D eigenvalue weighted by Crippen LogP contribution is -1.98. The normalized spacial score (nSPS) is 25.8. The van der Waals surface area contributed by atoms with Crippen molar-refractivity contribution < 1.29 is 18.6 Å². The molecule has 0 N–H and O–H groups in total. The molecule has 1 heterocycles. The van der Waals surface area contributed by atoms with Crippen molar-refractivity contribution in [2.24, 2.45) is 0 Å². The summed E-state index contributed by atoms with van der Waals surface area (Å²) in [7, 11) is 1.37. The Morgan fingerprint density at radius 2 is 2.62 bits per heavy atom. The Balaban J connectivity index is 2.37. The molecule has 3 nitrogen and oxygen atoms in total. The van der Waals surface area contributed by atoms with Crippen LogP contribution in [0.1, 0.15) is 0 Å². The number of alkyl halides is 1. The van der Waals surface area contributed by atoms with Crippen LogP contribution in [0, 0.1) is 0 Å². The zero-order valence-corrected chi connectivity index (χ0v) is 4.26. The number of methoxy groups -OCH3 is 1. The molecule has 0 aromatic carbocycles. The summed E-state index contributed by atoms with van der Waals surface area (Å²) < 4.78 is 24.7. The molecule has 1 aliphatic rings. The zero-order chi connectivity index (χ0) is 5.98. The van der Waals surface area contributed by atoms with Gasteiger partial charge in [-0.1, -0.05) is 0 Å². The van der Waals surface area contributed by atoms with Crippen molar-refractivity contribution >= 4 is 0 Å². The van der Waals surface area contributed by atoms with Gasteiger partial charge in [0.2, 0.25) is 0 Å². The molecule has 0 aliphatic carbocycles. The van der Waals surface area contributed by atoms with Gasteiger partial charge in [0.15, 0.2) is 6.26 Å². The van der Waals surface area contributed by atoms with Crippen LogP contribution >= 0.6 is 0 Å². The van der Waals surface area contributed by atoms with Crippen LogP contribution in [0.3, 0.4) is 0 Å². The van der Waals surface area contributed by atoms with E-state index in [-0.39, 0.29) is 5.95 Å². The van der Waals surface area contributed by atoms with E-state index in [2.05, 4.69) is 14.2 Å². The summed E-state index contributed by atoms with van der Waals surface area (Å²) in [6, 6.07) is 0. The summed E-state index contributed by atoms with van der Waals surface area (Å²) in [5.74, 6) is 0.0671. The molecule has 0 bridgehead atoms. The minimum atomic E-state index is -1.69. The fourth-order valence-electron chi connectivity index (χ4n) is 0.352. The Hall–Kier alpha value is -0.930. The molecular formula is C4H5FO3. The van der Waals surface area contributed by atoms with E-state index in [9.17, 15) is 4.39 Å². The number of hydrogen-bond donors (Lipinski definition) is 0. The predicted molar refractivity (Wildman–Crippen MR) is 22.2 cm³/mol. The van der Waals surface area contributed by atoms with Gasteiger partial charge in [-0.3, -0.25) is 0 Å². The summed E-state index contributed by atoms with van der Waals surface area (Å²) in [4.78, 5) is 0. The average molecular weight is 120 g/mol. The number of halogens is 1. The molecule has 0 radical (unpaired) electrons. The van der Waals surface area contributed by atoms with Crippen molar-refractivity contribution in [1.29, 1.82) is 0 Å². The average Bonchev–Trinajstić information content (AvgIpc) is 2.14. The maximum atomic E-state index is 11.8. The molecule has 4 heteroatoms. The first-order valence-electron chi connectivity index (χ1n) is 2.03. The van der Waals surface area contributed by atoms with Crippen LogP contribution in [0.5, 0.6) is 0 Å². The molecule has 1 rings (SSSR count). The Bertz CT molecular complexity index is 112. The van der Waals surface area contributed by atoms with Gasteiger partial charge in [0, 0.05) is 0 Å². The lowest BCUT2D eigenvalue weighted by Gasteiger charge is -1.98. The first-order chi connectivity index (χ1) is 3.83. The molecule has 0 spiro atoms. The first kappa shape index (κ1) is 5.21. The monoisotopic (exact) mass is 120 g/mol. The molecule has 1 aliphatic heterocycles. The second-order valence-corrected chi connectivity index (χ2v) is 1.17. The van der Waals surface area contributed by atoms with E-state index in [1.54, 1.807) is 0 Å². The van der Waals surface area contributed by atoms with Gasteiger partial charge in [-0.25, -0.2) is 0 Å². The van der Waals surface area contributed by atoms with E-state index in [0.717, 1.165) is 6.26 Å². The van der Waals surface area contributed by atoms with Gasteiger partial charge in [-0.2, -0.15) is 4.39 Å². The van der Waals surface area contributed by atoms with Gasteiger partial charge < -0.3 is 14.2 Å². The van der Waals surface area contributed by atoms with E-state index in [4.69, 9.17) is 0 Å². The lowest BCUT2D eigenvalue weighted by atomic mass is 11.0. The summed E-state index contributed by atoms with van der Waals surface area (Å²) in [6.45, 7) is -1.69. The van der Waals surface area contributed by atoms with Crippen LogP contribution in [0.2, 0.25) is 0 Å². The van der Waals surface area contributed by atoms with Crippen LogP contribution < -0.4 is 0 Å². The van der Waals surface area contributed by atoms with Crippen LogP contribution in [0.4, 0.5) is 4.39 Å². The topological polar surface area (TPSA) is 27.7 Å². The molecule has 1 atom stereocenters. The molecule has 46 valence electrons. The molecule has 0 aromatic rings. The molecule has 1 unspecified atom stereocenters. The largest absolute Gasteiger partial charge is 0.466 e.